The summed E-state index contributed by atoms with van der Waals surface area (Å²) in [6.45, 7) is 1.77. The lowest BCUT2D eigenvalue weighted by atomic mass is 10.1. The topological polar surface area (TPSA) is 112 Å². The van der Waals surface area contributed by atoms with E-state index in [0.717, 1.165) is 5.56 Å². The van der Waals surface area contributed by atoms with E-state index in [0.29, 0.717) is 22.1 Å². The number of amides is 1. The normalized spacial score (nSPS) is 10.7. The first kappa shape index (κ1) is 19.5. The maximum Gasteiger partial charge on any atom is 0.341 e. The summed E-state index contributed by atoms with van der Waals surface area (Å²) < 4.78 is 10.6. The summed E-state index contributed by atoms with van der Waals surface area (Å²) >= 11 is 1.21. The maximum atomic E-state index is 12.5. The molecule has 3 aromatic heterocycles. The first-order valence-electron chi connectivity index (χ1n) is 9.11. The van der Waals surface area contributed by atoms with Gasteiger partial charge in [0, 0.05) is 16.5 Å². The minimum Gasteiger partial charge on any atom is -0.464 e. The van der Waals surface area contributed by atoms with Crippen molar-refractivity contribution in [2.75, 3.05) is 11.9 Å². The first-order valence-corrected chi connectivity index (χ1v) is 9.99. The zero-order valence-corrected chi connectivity index (χ0v) is 16.8. The van der Waals surface area contributed by atoms with Crippen LogP contribution >= 0.6 is 11.3 Å². The summed E-state index contributed by atoms with van der Waals surface area (Å²) in [5.41, 5.74) is 1.61. The third kappa shape index (κ3) is 4.13. The van der Waals surface area contributed by atoms with Gasteiger partial charge in [-0.1, -0.05) is 30.3 Å². The van der Waals surface area contributed by atoms with Gasteiger partial charge in [0.2, 0.25) is 11.7 Å². The second-order valence-corrected chi connectivity index (χ2v) is 6.99. The average Bonchev–Trinajstić information content (AvgIpc) is 3.49. The Morgan fingerprint density at radius 2 is 2.03 bits per heavy atom. The van der Waals surface area contributed by atoms with E-state index in [2.05, 4.69) is 20.7 Å². The van der Waals surface area contributed by atoms with E-state index in [1.165, 1.54) is 22.4 Å². The fraction of sp³-hybridized carbons (Fsp3) is 0.150. The fourth-order valence-corrected chi connectivity index (χ4v) is 3.73. The van der Waals surface area contributed by atoms with Crippen LogP contribution in [0, 0.1) is 0 Å². The number of hydrogen-bond donors (Lipinski definition) is 1. The van der Waals surface area contributed by atoms with E-state index in [-0.39, 0.29) is 18.7 Å². The van der Waals surface area contributed by atoms with E-state index in [4.69, 9.17) is 9.15 Å². The van der Waals surface area contributed by atoms with Crippen LogP contribution in [0.25, 0.3) is 22.7 Å². The first-order chi connectivity index (χ1) is 14.7. The third-order valence-corrected chi connectivity index (χ3v) is 4.98. The maximum absolute atomic E-state index is 12.5. The molecule has 4 aromatic rings. The predicted molar refractivity (Wildman–Crippen MR) is 110 cm³/mol. The molecular weight excluding hydrogens is 406 g/mol. The highest BCUT2D eigenvalue weighted by molar-refractivity contribution is 7.15. The molecule has 0 aliphatic heterocycles. The molecule has 30 heavy (non-hydrogen) atoms. The lowest BCUT2D eigenvalue weighted by Crippen LogP contribution is -2.21. The molecule has 0 aliphatic rings. The van der Waals surface area contributed by atoms with E-state index in [9.17, 15) is 9.59 Å². The number of carbonyl (C=O) groups excluding carboxylic acids is 2. The highest BCUT2D eigenvalue weighted by Crippen LogP contribution is 2.36. The highest BCUT2D eigenvalue weighted by Gasteiger charge is 2.24. The lowest BCUT2D eigenvalue weighted by Gasteiger charge is -2.07. The van der Waals surface area contributed by atoms with E-state index >= 15 is 0 Å². The lowest BCUT2D eigenvalue weighted by molar-refractivity contribution is -0.117. The van der Waals surface area contributed by atoms with Gasteiger partial charge in [-0.05, 0) is 24.3 Å². The van der Waals surface area contributed by atoms with Gasteiger partial charge in [0.1, 0.15) is 22.9 Å². The number of thiophene rings is 1. The van der Waals surface area contributed by atoms with Crippen molar-refractivity contribution < 1.29 is 18.7 Å². The number of benzene rings is 1. The molecule has 1 N–H and O–H groups in total. The summed E-state index contributed by atoms with van der Waals surface area (Å²) in [5.74, 6) is 0.00295. The Morgan fingerprint density at radius 3 is 2.77 bits per heavy atom. The standard InChI is InChI=1S/C20H17N5O4S/c1-2-28-20(27)17-14(15-9-6-10-29-15)12-30-19(17)21-16(26)11-25-23-18(22-24-25)13-7-4-3-5-8-13/h3-10,12H,2,11H2,1H3,(H,21,26). The van der Waals surface area contributed by atoms with Crippen LogP contribution in [-0.2, 0) is 16.1 Å². The van der Waals surface area contributed by atoms with Gasteiger partial charge < -0.3 is 14.5 Å². The molecule has 0 atom stereocenters. The van der Waals surface area contributed by atoms with Crippen molar-refractivity contribution in [1.29, 1.82) is 0 Å². The van der Waals surface area contributed by atoms with Gasteiger partial charge in [0.15, 0.2) is 0 Å². The zero-order chi connectivity index (χ0) is 20.9. The van der Waals surface area contributed by atoms with Gasteiger partial charge in [0.05, 0.1) is 12.9 Å². The van der Waals surface area contributed by atoms with Crippen LogP contribution < -0.4 is 5.32 Å². The molecule has 0 saturated carbocycles. The molecule has 0 spiro atoms. The van der Waals surface area contributed by atoms with Crippen LogP contribution in [0.2, 0.25) is 0 Å². The SMILES string of the molecule is CCOC(=O)c1c(-c2ccco2)csc1NC(=O)Cn1nnc(-c2ccccc2)n1. The number of nitrogens with zero attached hydrogens (tertiary/aromatic N) is 4. The summed E-state index contributed by atoms with van der Waals surface area (Å²) in [7, 11) is 0. The Labute approximate surface area is 175 Å². The second-order valence-electron chi connectivity index (χ2n) is 6.11. The molecule has 10 heteroatoms. The van der Waals surface area contributed by atoms with Crippen molar-refractivity contribution in [3.8, 4) is 22.7 Å². The van der Waals surface area contributed by atoms with Crippen LogP contribution in [0.4, 0.5) is 5.00 Å². The monoisotopic (exact) mass is 423 g/mol. The quantitative estimate of drug-likeness (QED) is 0.453. The van der Waals surface area contributed by atoms with Crippen molar-refractivity contribution in [2.24, 2.45) is 0 Å². The Morgan fingerprint density at radius 1 is 1.20 bits per heavy atom. The fourth-order valence-electron chi connectivity index (χ4n) is 2.78. The Kier molecular flexibility index (Phi) is 5.66. The minimum atomic E-state index is -0.536. The number of furan rings is 1. The van der Waals surface area contributed by atoms with Gasteiger partial charge >= 0.3 is 5.97 Å². The Hall–Kier alpha value is -3.79. The average molecular weight is 423 g/mol. The van der Waals surface area contributed by atoms with E-state index in [1.807, 2.05) is 30.3 Å². The van der Waals surface area contributed by atoms with Crippen molar-refractivity contribution >= 4 is 28.2 Å². The van der Waals surface area contributed by atoms with E-state index < -0.39 is 11.9 Å². The number of rotatable bonds is 7. The molecule has 4 rings (SSSR count). The molecule has 0 aliphatic carbocycles. The second kappa shape index (κ2) is 8.70. The predicted octanol–water partition coefficient (Wildman–Crippen LogP) is 3.48. The van der Waals surface area contributed by atoms with Crippen LogP contribution in [0.1, 0.15) is 17.3 Å². The van der Waals surface area contributed by atoms with Gasteiger partial charge in [-0.25, -0.2) is 4.79 Å². The number of tetrazole rings is 1. The number of nitrogens with one attached hydrogen (secondary N) is 1. The largest absolute Gasteiger partial charge is 0.464 e. The third-order valence-electron chi connectivity index (χ3n) is 4.08. The van der Waals surface area contributed by atoms with E-state index in [1.54, 1.807) is 24.4 Å². The summed E-state index contributed by atoms with van der Waals surface area (Å²) in [6.07, 6.45) is 1.51. The zero-order valence-electron chi connectivity index (χ0n) is 15.9. The van der Waals surface area contributed by atoms with Gasteiger partial charge in [0.25, 0.3) is 0 Å². The van der Waals surface area contributed by atoms with Crippen LogP contribution in [0.3, 0.4) is 0 Å². The number of anilines is 1. The van der Waals surface area contributed by atoms with Crippen molar-refractivity contribution in [3.63, 3.8) is 0 Å². The summed E-state index contributed by atoms with van der Waals surface area (Å²) in [5, 5.41) is 17.0. The van der Waals surface area contributed by atoms with Gasteiger partial charge in [-0.15, -0.1) is 21.5 Å². The van der Waals surface area contributed by atoms with Crippen LogP contribution in [0.15, 0.2) is 58.5 Å². The summed E-state index contributed by atoms with van der Waals surface area (Å²) in [6, 6.07) is 12.8. The van der Waals surface area contributed by atoms with Crippen molar-refractivity contribution in [1.82, 2.24) is 20.2 Å². The van der Waals surface area contributed by atoms with Crippen LogP contribution in [0.5, 0.6) is 0 Å². The molecule has 0 bridgehead atoms. The molecule has 0 unspecified atom stereocenters. The number of hydrogen-bond acceptors (Lipinski definition) is 8. The molecule has 1 aromatic carbocycles. The van der Waals surface area contributed by atoms with Crippen molar-refractivity contribution in [3.05, 3.63) is 59.7 Å². The molecule has 9 nitrogen and oxygen atoms in total. The molecule has 152 valence electrons. The van der Waals surface area contributed by atoms with Crippen molar-refractivity contribution in [2.45, 2.75) is 13.5 Å². The molecule has 0 fully saturated rings. The van der Waals surface area contributed by atoms with Gasteiger partial charge in [-0.2, -0.15) is 4.80 Å². The smallest absolute Gasteiger partial charge is 0.341 e. The molecular formula is C20H17N5O4S. The Bertz CT molecular complexity index is 1150. The van der Waals surface area contributed by atoms with Crippen LogP contribution in [-0.4, -0.2) is 38.7 Å². The Balaban J connectivity index is 1.52. The number of esters is 1. The number of carbonyl (C=O) groups is 2. The summed E-state index contributed by atoms with van der Waals surface area (Å²) in [4.78, 5) is 26.2. The molecule has 3 heterocycles. The molecule has 0 radical (unpaired) electrons. The molecule has 1 amide bonds. The number of aromatic nitrogens is 4. The minimum absolute atomic E-state index is 0.157. The number of ether oxygens (including phenoxy) is 1. The molecule has 0 saturated heterocycles. The van der Waals surface area contributed by atoms with Gasteiger partial charge in [-0.3, -0.25) is 4.79 Å². The highest BCUT2D eigenvalue weighted by atomic mass is 32.1.